The third-order valence-corrected chi connectivity index (χ3v) is 4.27. The van der Waals surface area contributed by atoms with E-state index in [1.165, 1.54) is 0 Å². The number of amides is 2. The molecule has 2 fully saturated rings. The van der Waals surface area contributed by atoms with Gasteiger partial charge in [0, 0.05) is 44.3 Å². The second kappa shape index (κ2) is 6.09. The first-order valence-electron chi connectivity index (χ1n) is 7.53. The van der Waals surface area contributed by atoms with E-state index in [2.05, 4.69) is 41.2 Å². The van der Waals surface area contributed by atoms with Gasteiger partial charge in [0.1, 0.15) is 0 Å². The van der Waals surface area contributed by atoms with Crippen molar-refractivity contribution in [2.45, 2.75) is 45.2 Å². The van der Waals surface area contributed by atoms with Crippen molar-refractivity contribution in [3.05, 3.63) is 0 Å². The minimum Gasteiger partial charge on any atom is -0.336 e. The highest BCUT2D eigenvalue weighted by Crippen LogP contribution is 2.19. The highest BCUT2D eigenvalue weighted by molar-refractivity contribution is 5.74. The summed E-state index contributed by atoms with van der Waals surface area (Å²) in [7, 11) is 0. The lowest BCUT2D eigenvalue weighted by atomic mass is 10.0. The lowest BCUT2D eigenvalue weighted by Crippen LogP contribution is -2.59. The largest absolute Gasteiger partial charge is 0.336 e. The molecule has 1 saturated heterocycles. The van der Waals surface area contributed by atoms with E-state index in [-0.39, 0.29) is 11.6 Å². The Morgan fingerprint density at radius 1 is 1.21 bits per heavy atom. The molecule has 2 amide bonds. The molecule has 0 spiro atoms. The average molecular weight is 268 g/mol. The number of hydrogen-bond acceptors (Lipinski definition) is 3. The van der Waals surface area contributed by atoms with Crippen LogP contribution < -0.4 is 10.6 Å². The van der Waals surface area contributed by atoms with E-state index < -0.39 is 0 Å². The zero-order chi connectivity index (χ0) is 13.9. The van der Waals surface area contributed by atoms with Gasteiger partial charge < -0.3 is 15.5 Å². The van der Waals surface area contributed by atoms with Gasteiger partial charge in [0.15, 0.2) is 0 Å². The van der Waals surface area contributed by atoms with Crippen molar-refractivity contribution in [2.75, 3.05) is 39.3 Å². The SMILES string of the molecule is CCN1CCN(C(C)(C)CNC(=O)NC2CC2)CC1. The Morgan fingerprint density at radius 3 is 2.37 bits per heavy atom. The molecule has 19 heavy (non-hydrogen) atoms. The maximum Gasteiger partial charge on any atom is 0.315 e. The minimum absolute atomic E-state index is 0.0113. The lowest BCUT2D eigenvalue weighted by Gasteiger charge is -2.44. The maximum absolute atomic E-state index is 11.7. The molecule has 5 nitrogen and oxygen atoms in total. The van der Waals surface area contributed by atoms with Crippen molar-refractivity contribution >= 4 is 6.03 Å². The summed E-state index contributed by atoms with van der Waals surface area (Å²) < 4.78 is 0. The number of rotatable bonds is 5. The molecule has 0 bridgehead atoms. The summed E-state index contributed by atoms with van der Waals surface area (Å²) in [5.74, 6) is 0. The molecule has 2 rings (SSSR count). The Morgan fingerprint density at radius 2 is 1.84 bits per heavy atom. The van der Waals surface area contributed by atoms with Crippen molar-refractivity contribution in [1.82, 2.24) is 20.4 Å². The number of likely N-dealkylation sites (N-methyl/N-ethyl adjacent to an activating group) is 1. The summed E-state index contributed by atoms with van der Waals surface area (Å²) in [4.78, 5) is 16.6. The summed E-state index contributed by atoms with van der Waals surface area (Å²) in [6, 6.07) is 0.416. The Bertz CT molecular complexity index is 307. The Labute approximate surface area is 116 Å². The second-order valence-corrected chi connectivity index (χ2v) is 6.34. The Kier molecular flexibility index (Phi) is 4.68. The highest BCUT2D eigenvalue weighted by atomic mass is 16.2. The molecule has 1 aliphatic heterocycles. The van der Waals surface area contributed by atoms with Crippen LogP contribution in [0.3, 0.4) is 0 Å². The number of nitrogens with one attached hydrogen (secondary N) is 2. The normalized spacial score (nSPS) is 22.3. The van der Waals surface area contributed by atoms with Crippen molar-refractivity contribution in [1.29, 1.82) is 0 Å². The molecule has 0 aromatic heterocycles. The fourth-order valence-electron chi connectivity index (χ4n) is 2.54. The van der Waals surface area contributed by atoms with Crippen LogP contribution in [-0.2, 0) is 0 Å². The average Bonchev–Trinajstić information content (AvgIpc) is 3.20. The fraction of sp³-hybridized carbons (Fsp3) is 0.929. The van der Waals surface area contributed by atoms with Crippen LogP contribution in [0.25, 0.3) is 0 Å². The molecule has 0 unspecified atom stereocenters. The zero-order valence-corrected chi connectivity index (χ0v) is 12.5. The van der Waals surface area contributed by atoms with Gasteiger partial charge in [-0.1, -0.05) is 6.92 Å². The maximum atomic E-state index is 11.7. The van der Waals surface area contributed by atoms with Crippen LogP contribution in [0.2, 0.25) is 0 Å². The molecule has 0 aromatic rings. The third kappa shape index (κ3) is 4.35. The first kappa shape index (κ1) is 14.6. The Hall–Kier alpha value is -0.810. The summed E-state index contributed by atoms with van der Waals surface area (Å²) in [6.45, 7) is 12.9. The number of carbonyl (C=O) groups excluding carboxylic acids is 1. The zero-order valence-electron chi connectivity index (χ0n) is 12.5. The van der Waals surface area contributed by atoms with Crippen molar-refractivity contribution in [3.63, 3.8) is 0 Å². The summed E-state index contributed by atoms with van der Waals surface area (Å²) in [6.07, 6.45) is 2.27. The number of nitrogens with zero attached hydrogens (tertiary/aromatic N) is 2. The smallest absolute Gasteiger partial charge is 0.315 e. The lowest BCUT2D eigenvalue weighted by molar-refractivity contribution is 0.0555. The van der Waals surface area contributed by atoms with Crippen LogP contribution in [0.5, 0.6) is 0 Å². The van der Waals surface area contributed by atoms with E-state index in [0.717, 1.165) is 45.6 Å². The van der Waals surface area contributed by atoms with Crippen LogP contribution in [0.4, 0.5) is 4.79 Å². The molecule has 1 saturated carbocycles. The van der Waals surface area contributed by atoms with Crippen LogP contribution in [-0.4, -0.2) is 66.7 Å². The van der Waals surface area contributed by atoms with E-state index in [4.69, 9.17) is 0 Å². The number of piperazine rings is 1. The minimum atomic E-state index is -0.0113. The van der Waals surface area contributed by atoms with Crippen LogP contribution in [0.15, 0.2) is 0 Å². The molecule has 0 atom stereocenters. The number of carbonyl (C=O) groups is 1. The van der Waals surface area contributed by atoms with Crippen molar-refractivity contribution < 1.29 is 4.79 Å². The van der Waals surface area contributed by atoms with Crippen LogP contribution in [0, 0.1) is 0 Å². The van der Waals surface area contributed by atoms with Gasteiger partial charge >= 0.3 is 6.03 Å². The summed E-state index contributed by atoms with van der Waals surface area (Å²) >= 11 is 0. The van der Waals surface area contributed by atoms with Gasteiger partial charge in [-0.3, -0.25) is 4.90 Å². The molecule has 2 aliphatic rings. The van der Waals surface area contributed by atoms with Crippen LogP contribution in [0.1, 0.15) is 33.6 Å². The van der Waals surface area contributed by atoms with E-state index in [1.54, 1.807) is 0 Å². The quantitative estimate of drug-likeness (QED) is 0.777. The molecule has 1 heterocycles. The molecule has 110 valence electrons. The number of hydrogen-bond donors (Lipinski definition) is 2. The van der Waals surface area contributed by atoms with Gasteiger partial charge in [0.25, 0.3) is 0 Å². The standard InChI is InChI=1S/C14H28N4O/c1-4-17-7-9-18(10-8-17)14(2,3)11-15-13(19)16-12-5-6-12/h12H,4-11H2,1-3H3,(H2,15,16,19). The van der Waals surface area contributed by atoms with Gasteiger partial charge in [-0.25, -0.2) is 4.79 Å². The molecule has 5 heteroatoms. The first-order chi connectivity index (χ1) is 9.01. The van der Waals surface area contributed by atoms with Gasteiger partial charge in [-0.05, 0) is 33.2 Å². The molecule has 1 aliphatic carbocycles. The van der Waals surface area contributed by atoms with Crippen molar-refractivity contribution in [2.24, 2.45) is 0 Å². The molecule has 0 radical (unpaired) electrons. The predicted molar refractivity (Wildman–Crippen MR) is 77.3 cm³/mol. The third-order valence-electron chi connectivity index (χ3n) is 4.27. The molecule has 0 aromatic carbocycles. The predicted octanol–water partition coefficient (Wildman–Crippen LogP) is 0.864. The van der Waals surface area contributed by atoms with Crippen LogP contribution >= 0.6 is 0 Å². The second-order valence-electron chi connectivity index (χ2n) is 6.34. The molecular formula is C14H28N4O. The van der Waals surface area contributed by atoms with Gasteiger partial charge in [0.2, 0.25) is 0 Å². The fourth-order valence-corrected chi connectivity index (χ4v) is 2.54. The van der Waals surface area contributed by atoms with Gasteiger partial charge in [0.05, 0.1) is 0 Å². The summed E-state index contributed by atoms with van der Waals surface area (Å²) in [5, 5.41) is 5.98. The van der Waals surface area contributed by atoms with E-state index in [9.17, 15) is 4.79 Å². The highest BCUT2D eigenvalue weighted by Gasteiger charge is 2.30. The monoisotopic (exact) mass is 268 g/mol. The topological polar surface area (TPSA) is 47.6 Å². The van der Waals surface area contributed by atoms with E-state index >= 15 is 0 Å². The summed E-state index contributed by atoms with van der Waals surface area (Å²) in [5.41, 5.74) is 0.0285. The van der Waals surface area contributed by atoms with E-state index in [1.807, 2.05) is 0 Å². The molecular weight excluding hydrogens is 240 g/mol. The number of urea groups is 1. The Balaban J connectivity index is 1.72. The molecule has 2 N–H and O–H groups in total. The van der Waals surface area contributed by atoms with Gasteiger partial charge in [-0.15, -0.1) is 0 Å². The van der Waals surface area contributed by atoms with Crippen molar-refractivity contribution in [3.8, 4) is 0 Å². The van der Waals surface area contributed by atoms with Gasteiger partial charge in [-0.2, -0.15) is 0 Å². The first-order valence-corrected chi connectivity index (χ1v) is 7.53. The van der Waals surface area contributed by atoms with E-state index in [0.29, 0.717) is 12.6 Å².